The van der Waals surface area contributed by atoms with E-state index in [9.17, 15) is 4.79 Å². The van der Waals surface area contributed by atoms with Crippen LogP contribution in [0, 0.1) is 12.3 Å². The number of amides is 1. The van der Waals surface area contributed by atoms with Crippen molar-refractivity contribution in [3.05, 3.63) is 23.3 Å². The molecule has 0 aliphatic heterocycles. The molecule has 0 saturated heterocycles. The molecule has 0 radical (unpaired) electrons. The molecule has 0 aliphatic rings. The van der Waals surface area contributed by atoms with Crippen molar-refractivity contribution in [2.75, 3.05) is 11.1 Å². The zero-order valence-corrected chi connectivity index (χ0v) is 9.14. The number of aryl methyl sites for hydroxylation is 1. The second-order valence-electron chi connectivity index (χ2n) is 3.58. The van der Waals surface area contributed by atoms with Gasteiger partial charge >= 0.3 is 0 Å². The second kappa shape index (κ2) is 4.13. The Balaban J connectivity index is 3.33. The third-order valence-electron chi connectivity index (χ3n) is 2.00. The van der Waals surface area contributed by atoms with Crippen LogP contribution in [-0.2, 0) is 4.79 Å². The van der Waals surface area contributed by atoms with E-state index in [1.807, 2.05) is 13.0 Å². The lowest BCUT2D eigenvalue weighted by Gasteiger charge is -2.12. The third kappa shape index (κ3) is 2.56. The van der Waals surface area contributed by atoms with Crippen molar-refractivity contribution in [3.8, 4) is 0 Å². The molecule has 0 aliphatic carbocycles. The predicted molar refractivity (Wildman–Crippen MR) is 62.4 cm³/mol. The minimum absolute atomic E-state index is 0.164. The molecule has 1 aromatic rings. The van der Waals surface area contributed by atoms with Gasteiger partial charge in [0, 0.05) is 23.9 Å². The van der Waals surface area contributed by atoms with Gasteiger partial charge in [0.1, 0.15) is 0 Å². The van der Waals surface area contributed by atoms with Crippen LogP contribution in [0.5, 0.6) is 0 Å². The van der Waals surface area contributed by atoms with E-state index in [1.165, 1.54) is 6.92 Å². The van der Waals surface area contributed by atoms with Crippen LogP contribution >= 0.6 is 0 Å². The summed E-state index contributed by atoms with van der Waals surface area (Å²) in [6.07, 6.45) is 0. The maximum atomic E-state index is 11.0. The molecule has 4 nitrogen and oxygen atoms in total. The molecular weight excluding hydrogens is 190 g/mol. The van der Waals surface area contributed by atoms with Crippen molar-refractivity contribution >= 4 is 23.0 Å². The highest BCUT2D eigenvalue weighted by molar-refractivity contribution is 6.08. The molecule has 15 heavy (non-hydrogen) atoms. The van der Waals surface area contributed by atoms with Gasteiger partial charge < -0.3 is 16.5 Å². The first-order chi connectivity index (χ1) is 6.91. The van der Waals surface area contributed by atoms with Gasteiger partial charge in [0.05, 0.1) is 5.69 Å². The summed E-state index contributed by atoms with van der Waals surface area (Å²) in [6.45, 7) is 4.97. The molecule has 4 N–H and O–H groups in total. The lowest BCUT2D eigenvalue weighted by atomic mass is 10.0. The molecule has 80 valence electrons. The first-order valence-corrected chi connectivity index (χ1v) is 4.65. The summed E-state index contributed by atoms with van der Waals surface area (Å²) in [6, 6.07) is 3.60. The van der Waals surface area contributed by atoms with E-state index in [-0.39, 0.29) is 5.91 Å². The largest absolute Gasteiger partial charge is 0.398 e. The Morgan fingerprint density at radius 3 is 2.47 bits per heavy atom. The van der Waals surface area contributed by atoms with Crippen molar-refractivity contribution in [2.45, 2.75) is 20.8 Å². The van der Waals surface area contributed by atoms with Crippen LogP contribution in [0.1, 0.15) is 25.0 Å². The summed E-state index contributed by atoms with van der Waals surface area (Å²) in [7, 11) is 0. The van der Waals surface area contributed by atoms with Crippen LogP contribution in [0.4, 0.5) is 11.4 Å². The van der Waals surface area contributed by atoms with Crippen LogP contribution in [0.25, 0.3) is 0 Å². The number of carbonyl (C=O) groups is 1. The number of hydrogen-bond acceptors (Lipinski definition) is 3. The van der Waals surface area contributed by atoms with Gasteiger partial charge in [0.15, 0.2) is 0 Å². The number of anilines is 2. The Morgan fingerprint density at radius 2 is 2.00 bits per heavy atom. The van der Waals surface area contributed by atoms with Gasteiger partial charge in [0.25, 0.3) is 0 Å². The normalized spacial score (nSPS) is 9.80. The van der Waals surface area contributed by atoms with E-state index in [0.29, 0.717) is 22.6 Å². The van der Waals surface area contributed by atoms with Crippen molar-refractivity contribution in [3.63, 3.8) is 0 Å². The van der Waals surface area contributed by atoms with E-state index in [1.54, 1.807) is 13.0 Å². The van der Waals surface area contributed by atoms with E-state index in [4.69, 9.17) is 11.1 Å². The summed E-state index contributed by atoms with van der Waals surface area (Å²) >= 11 is 0. The van der Waals surface area contributed by atoms with Crippen molar-refractivity contribution in [1.29, 1.82) is 5.41 Å². The van der Waals surface area contributed by atoms with Gasteiger partial charge in [-0.2, -0.15) is 0 Å². The molecule has 0 saturated carbocycles. The van der Waals surface area contributed by atoms with Crippen molar-refractivity contribution in [1.82, 2.24) is 0 Å². The molecule has 1 amide bonds. The molecule has 0 spiro atoms. The van der Waals surface area contributed by atoms with Crippen LogP contribution in [0.3, 0.4) is 0 Å². The number of nitrogens with two attached hydrogens (primary N) is 1. The zero-order valence-electron chi connectivity index (χ0n) is 9.14. The molecule has 4 heteroatoms. The minimum Gasteiger partial charge on any atom is -0.398 e. The Labute approximate surface area is 89.0 Å². The molecule has 1 aromatic carbocycles. The predicted octanol–water partition coefficient (Wildman–Crippen LogP) is 1.92. The first kappa shape index (κ1) is 11.2. The second-order valence-corrected chi connectivity index (χ2v) is 3.58. The molecule has 0 heterocycles. The maximum Gasteiger partial charge on any atom is 0.221 e. The Kier molecular flexibility index (Phi) is 3.09. The van der Waals surface area contributed by atoms with E-state index in [2.05, 4.69) is 5.32 Å². The molecule has 0 fully saturated rings. The summed E-state index contributed by atoms with van der Waals surface area (Å²) in [5.41, 5.74) is 8.83. The number of carbonyl (C=O) groups excluding carboxylic acids is 1. The number of nitrogen functional groups attached to an aromatic ring is 1. The van der Waals surface area contributed by atoms with Crippen LogP contribution in [0.2, 0.25) is 0 Å². The highest BCUT2D eigenvalue weighted by Gasteiger charge is 2.10. The highest BCUT2D eigenvalue weighted by Crippen LogP contribution is 2.24. The van der Waals surface area contributed by atoms with E-state index < -0.39 is 0 Å². The van der Waals surface area contributed by atoms with Gasteiger partial charge in [-0.05, 0) is 31.5 Å². The van der Waals surface area contributed by atoms with Crippen LogP contribution in [0.15, 0.2) is 12.1 Å². The molecule has 0 atom stereocenters. The molecule has 0 aromatic heterocycles. The van der Waals surface area contributed by atoms with Crippen molar-refractivity contribution in [2.24, 2.45) is 0 Å². The maximum absolute atomic E-state index is 11.0. The lowest BCUT2D eigenvalue weighted by Crippen LogP contribution is -2.12. The Bertz CT molecular complexity index is 424. The fraction of sp³-hybridized carbons (Fsp3) is 0.273. The van der Waals surface area contributed by atoms with Gasteiger partial charge in [-0.3, -0.25) is 4.79 Å². The summed E-state index contributed by atoms with van der Waals surface area (Å²) in [5, 5.41) is 10.3. The number of rotatable bonds is 2. The van der Waals surface area contributed by atoms with Gasteiger partial charge in [-0.1, -0.05) is 0 Å². The fourth-order valence-electron chi connectivity index (χ4n) is 1.52. The SMILES string of the molecule is CC(=N)c1c(N)cc(C)cc1NC(C)=O. The third-order valence-corrected chi connectivity index (χ3v) is 2.00. The topological polar surface area (TPSA) is 79.0 Å². The number of hydrogen-bond donors (Lipinski definition) is 3. The van der Waals surface area contributed by atoms with Crippen molar-refractivity contribution < 1.29 is 4.79 Å². The highest BCUT2D eigenvalue weighted by atomic mass is 16.1. The summed E-state index contributed by atoms with van der Waals surface area (Å²) in [5.74, 6) is -0.164. The zero-order chi connectivity index (χ0) is 11.6. The quantitative estimate of drug-likeness (QED) is 0.509. The summed E-state index contributed by atoms with van der Waals surface area (Å²) in [4.78, 5) is 11.0. The molecular formula is C11H15N3O. The smallest absolute Gasteiger partial charge is 0.221 e. The standard InChI is InChI=1S/C11H15N3O/c1-6-4-9(13)11(7(2)12)10(5-6)14-8(3)15/h4-5,12H,13H2,1-3H3,(H,14,15). The number of nitrogens with one attached hydrogen (secondary N) is 2. The van der Waals surface area contributed by atoms with Gasteiger partial charge in [-0.25, -0.2) is 0 Å². The monoisotopic (exact) mass is 205 g/mol. The van der Waals surface area contributed by atoms with Crippen LogP contribution in [-0.4, -0.2) is 11.6 Å². The first-order valence-electron chi connectivity index (χ1n) is 4.65. The number of benzene rings is 1. The van der Waals surface area contributed by atoms with Gasteiger partial charge in [0.2, 0.25) is 5.91 Å². The molecule has 0 unspecified atom stereocenters. The average Bonchev–Trinajstić information content (AvgIpc) is 1.99. The lowest BCUT2D eigenvalue weighted by molar-refractivity contribution is -0.114. The molecule has 1 rings (SSSR count). The van der Waals surface area contributed by atoms with E-state index in [0.717, 1.165) is 5.56 Å². The fourth-order valence-corrected chi connectivity index (χ4v) is 1.52. The van der Waals surface area contributed by atoms with Crippen LogP contribution < -0.4 is 11.1 Å². The molecule has 0 bridgehead atoms. The average molecular weight is 205 g/mol. The Hall–Kier alpha value is -1.84. The summed E-state index contributed by atoms with van der Waals surface area (Å²) < 4.78 is 0. The van der Waals surface area contributed by atoms with Gasteiger partial charge in [-0.15, -0.1) is 0 Å². The van der Waals surface area contributed by atoms with E-state index >= 15 is 0 Å². The Morgan fingerprint density at radius 1 is 1.40 bits per heavy atom. The minimum atomic E-state index is -0.164.